The first kappa shape index (κ1) is 20.5. The zero-order chi connectivity index (χ0) is 19.6. The average Bonchev–Trinajstić information content (AvgIpc) is 2.59. The van der Waals surface area contributed by atoms with E-state index in [0.29, 0.717) is 5.56 Å². The van der Waals surface area contributed by atoms with Crippen molar-refractivity contribution in [1.82, 2.24) is 4.98 Å². The van der Waals surface area contributed by atoms with Crippen LogP contribution in [-0.4, -0.2) is 15.2 Å². The van der Waals surface area contributed by atoms with E-state index in [-0.39, 0.29) is 30.2 Å². The lowest BCUT2D eigenvalue weighted by Crippen LogP contribution is -2.17. The summed E-state index contributed by atoms with van der Waals surface area (Å²) in [6, 6.07) is 6.22. The Morgan fingerprint density at radius 2 is 1.46 bits per heavy atom. The third-order valence-corrected chi connectivity index (χ3v) is 4.71. The fourth-order valence-electron chi connectivity index (χ4n) is 3.33. The van der Waals surface area contributed by atoms with Crippen molar-refractivity contribution in [3.05, 3.63) is 52.6 Å². The molecule has 0 aliphatic heterocycles. The van der Waals surface area contributed by atoms with Gasteiger partial charge in [-0.3, -0.25) is 4.98 Å². The number of hydrogen-bond acceptors (Lipinski definition) is 3. The van der Waals surface area contributed by atoms with E-state index in [1.165, 1.54) is 12.1 Å². The van der Waals surface area contributed by atoms with Gasteiger partial charge in [0.05, 0.1) is 12.7 Å². The number of aliphatic hydroxyl groups is 2. The molecule has 1 aromatic heterocycles. The van der Waals surface area contributed by atoms with Gasteiger partial charge in [-0.05, 0) is 41.0 Å². The normalized spacial score (nSPS) is 13.1. The Balaban J connectivity index is 2.96. The predicted octanol–water partition coefficient (Wildman–Crippen LogP) is 5.32. The van der Waals surface area contributed by atoms with Crippen LogP contribution in [0.1, 0.15) is 82.0 Å². The summed E-state index contributed by atoms with van der Waals surface area (Å²) in [5, 5.41) is 21.1. The molecule has 0 aliphatic carbocycles. The molecular formula is C22H30FNO2. The van der Waals surface area contributed by atoms with Gasteiger partial charge in [-0.1, -0.05) is 53.7 Å². The standard InChI is InChI=1S/C22H30FNO2/c1-12(2)20-17(11-25)18(15-7-9-16(23)10-8-15)19(22(26)14(5)6)21(24-20)13(3)4/h7-10,12-14,22,25-26H,11H2,1-6H3. The fourth-order valence-corrected chi connectivity index (χ4v) is 3.33. The molecule has 4 heteroatoms. The van der Waals surface area contributed by atoms with Gasteiger partial charge in [-0.2, -0.15) is 0 Å². The number of nitrogens with zero attached hydrogens (tertiary/aromatic N) is 1. The van der Waals surface area contributed by atoms with E-state index in [4.69, 9.17) is 4.98 Å². The monoisotopic (exact) mass is 359 g/mol. The molecule has 0 aliphatic rings. The van der Waals surface area contributed by atoms with E-state index in [0.717, 1.165) is 28.1 Å². The van der Waals surface area contributed by atoms with Crippen LogP contribution < -0.4 is 0 Å². The Morgan fingerprint density at radius 3 is 1.88 bits per heavy atom. The quantitative estimate of drug-likeness (QED) is 0.734. The number of halogens is 1. The van der Waals surface area contributed by atoms with Crippen LogP contribution in [0, 0.1) is 11.7 Å². The molecule has 0 fully saturated rings. The number of aliphatic hydroxyl groups excluding tert-OH is 2. The molecular weight excluding hydrogens is 329 g/mol. The van der Waals surface area contributed by atoms with Gasteiger partial charge in [0, 0.05) is 22.5 Å². The number of hydrogen-bond donors (Lipinski definition) is 2. The van der Waals surface area contributed by atoms with Crippen molar-refractivity contribution in [2.24, 2.45) is 5.92 Å². The molecule has 0 bridgehead atoms. The minimum atomic E-state index is -0.716. The van der Waals surface area contributed by atoms with Gasteiger partial charge in [0.25, 0.3) is 0 Å². The number of rotatable bonds is 6. The second kappa shape index (κ2) is 8.28. The van der Waals surface area contributed by atoms with Gasteiger partial charge in [0.15, 0.2) is 0 Å². The molecule has 0 amide bonds. The zero-order valence-corrected chi connectivity index (χ0v) is 16.5. The van der Waals surface area contributed by atoms with Crippen molar-refractivity contribution < 1.29 is 14.6 Å². The first-order valence-corrected chi connectivity index (χ1v) is 9.30. The van der Waals surface area contributed by atoms with Crippen LogP contribution >= 0.6 is 0 Å². The lowest BCUT2D eigenvalue weighted by Gasteiger charge is -2.28. The van der Waals surface area contributed by atoms with Crippen molar-refractivity contribution in [1.29, 1.82) is 0 Å². The molecule has 2 N–H and O–H groups in total. The molecule has 1 aromatic carbocycles. The number of benzene rings is 1. The Morgan fingerprint density at radius 1 is 0.923 bits per heavy atom. The molecule has 0 saturated carbocycles. The topological polar surface area (TPSA) is 53.4 Å². The smallest absolute Gasteiger partial charge is 0.123 e. The summed E-state index contributed by atoms with van der Waals surface area (Å²) in [5.41, 5.74) is 4.70. The van der Waals surface area contributed by atoms with Crippen LogP contribution in [0.15, 0.2) is 24.3 Å². The molecule has 0 saturated heterocycles. The average molecular weight is 359 g/mol. The van der Waals surface area contributed by atoms with Gasteiger partial charge < -0.3 is 10.2 Å². The molecule has 2 aromatic rings. The van der Waals surface area contributed by atoms with E-state index >= 15 is 0 Å². The summed E-state index contributed by atoms with van der Waals surface area (Å²) >= 11 is 0. The lowest BCUT2D eigenvalue weighted by atomic mass is 9.83. The first-order chi connectivity index (χ1) is 12.2. The summed E-state index contributed by atoms with van der Waals surface area (Å²) in [7, 11) is 0. The van der Waals surface area contributed by atoms with Gasteiger partial charge in [0.1, 0.15) is 5.82 Å². The maximum Gasteiger partial charge on any atom is 0.123 e. The highest BCUT2D eigenvalue weighted by molar-refractivity contribution is 5.73. The SMILES string of the molecule is CC(C)c1nc(C(C)C)c(C(O)C(C)C)c(-c2ccc(F)cc2)c1CO. The zero-order valence-electron chi connectivity index (χ0n) is 16.5. The van der Waals surface area contributed by atoms with E-state index in [2.05, 4.69) is 13.8 Å². The van der Waals surface area contributed by atoms with Gasteiger partial charge in [-0.25, -0.2) is 4.39 Å². The van der Waals surface area contributed by atoms with Gasteiger partial charge in [0.2, 0.25) is 0 Å². The first-order valence-electron chi connectivity index (χ1n) is 9.30. The second-order valence-corrected chi connectivity index (χ2v) is 7.81. The molecule has 26 heavy (non-hydrogen) atoms. The molecule has 1 unspecified atom stereocenters. The highest BCUT2D eigenvalue weighted by Gasteiger charge is 2.28. The van der Waals surface area contributed by atoms with Crippen LogP contribution in [0.4, 0.5) is 4.39 Å². The predicted molar refractivity (Wildman–Crippen MR) is 104 cm³/mol. The van der Waals surface area contributed by atoms with Crippen LogP contribution in [0.25, 0.3) is 11.1 Å². The summed E-state index contributed by atoms with van der Waals surface area (Å²) < 4.78 is 13.5. The number of pyridine rings is 1. The van der Waals surface area contributed by atoms with Crippen molar-refractivity contribution in [2.45, 2.75) is 66.1 Å². The summed E-state index contributed by atoms with van der Waals surface area (Å²) in [6.45, 7) is 11.9. The second-order valence-electron chi connectivity index (χ2n) is 7.81. The van der Waals surface area contributed by atoms with E-state index in [1.54, 1.807) is 12.1 Å². The highest BCUT2D eigenvalue weighted by atomic mass is 19.1. The summed E-state index contributed by atoms with van der Waals surface area (Å²) in [6.07, 6.45) is -0.716. The van der Waals surface area contributed by atoms with Gasteiger partial charge in [-0.15, -0.1) is 0 Å². The van der Waals surface area contributed by atoms with Crippen molar-refractivity contribution in [3.8, 4) is 11.1 Å². The van der Waals surface area contributed by atoms with Crippen LogP contribution in [0.3, 0.4) is 0 Å². The maximum atomic E-state index is 13.5. The minimum absolute atomic E-state index is 0.00931. The van der Waals surface area contributed by atoms with E-state index in [9.17, 15) is 14.6 Å². The molecule has 0 radical (unpaired) electrons. The van der Waals surface area contributed by atoms with Crippen LogP contribution in [-0.2, 0) is 6.61 Å². The lowest BCUT2D eigenvalue weighted by molar-refractivity contribution is 0.125. The Bertz CT molecular complexity index is 752. The van der Waals surface area contributed by atoms with Crippen LogP contribution in [0.2, 0.25) is 0 Å². The molecule has 1 atom stereocenters. The summed E-state index contributed by atoms with van der Waals surface area (Å²) in [4.78, 5) is 4.86. The van der Waals surface area contributed by atoms with Crippen LogP contribution in [0.5, 0.6) is 0 Å². The molecule has 1 heterocycles. The molecule has 2 rings (SSSR count). The summed E-state index contributed by atoms with van der Waals surface area (Å²) in [5.74, 6) is -0.0839. The third kappa shape index (κ3) is 3.97. The van der Waals surface area contributed by atoms with Crippen molar-refractivity contribution in [3.63, 3.8) is 0 Å². The molecule has 3 nitrogen and oxygen atoms in total. The third-order valence-electron chi connectivity index (χ3n) is 4.71. The Kier molecular flexibility index (Phi) is 6.53. The van der Waals surface area contributed by atoms with Gasteiger partial charge >= 0.3 is 0 Å². The Labute approximate surface area is 155 Å². The fraction of sp³-hybridized carbons (Fsp3) is 0.500. The van der Waals surface area contributed by atoms with Crippen molar-refractivity contribution >= 4 is 0 Å². The number of aromatic nitrogens is 1. The van der Waals surface area contributed by atoms with Crippen molar-refractivity contribution in [2.75, 3.05) is 0 Å². The largest absolute Gasteiger partial charge is 0.392 e. The minimum Gasteiger partial charge on any atom is -0.392 e. The molecule has 142 valence electrons. The van der Waals surface area contributed by atoms with E-state index in [1.807, 2.05) is 27.7 Å². The maximum absolute atomic E-state index is 13.5. The highest BCUT2D eigenvalue weighted by Crippen LogP contribution is 2.41. The molecule has 0 spiro atoms. The van der Waals surface area contributed by atoms with E-state index < -0.39 is 6.10 Å². The Hall–Kier alpha value is -1.78.